The van der Waals surface area contributed by atoms with Crippen LogP contribution in [0.25, 0.3) is 11.0 Å². The van der Waals surface area contributed by atoms with Crippen molar-refractivity contribution in [3.63, 3.8) is 0 Å². The van der Waals surface area contributed by atoms with E-state index in [1.54, 1.807) is 39.1 Å². The Morgan fingerprint density at radius 3 is 2.34 bits per heavy atom. The second-order valence-corrected chi connectivity index (χ2v) is 9.04. The standard InChI is InChI=1S/C23H28F3N3O6/c1-13-11-18(30)35-17-9-8-14(12-15(13)17)28-19(31)16(29(21(33)34)22(2,3)4)7-5-6-10-27-20(32)23(24,25)26/h8-9,11-12,16H,5-7,10H2,1-4H3,(H,27,32)(H,28,31)(H,33,34)/t16-/m0/s1. The van der Waals surface area contributed by atoms with E-state index >= 15 is 0 Å². The number of nitrogens with zero attached hydrogens (tertiary/aromatic N) is 1. The number of halogens is 3. The van der Waals surface area contributed by atoms with Crippen molar-refractivity contribution in [2.75, 3.05) is 11.9 Å². The van der Waals surface area contributed by atoms with Crippen LogP contribution in [0, 0.1) is 6.92 Å². The number of unbranched alkanes of at least 4 members (excludes halogenated alkanes) is 1. The van der Waals surface area contributed by atoms with Gasteiger partial charge in [-0.05, 0) is 70.7 Å². The maximum absolute atomic E-state index is 13.2. The van der Waals surface area contributed by atoms with Crippen LogP contribution in [-0.4, -0.2) is 52.2 Å². The van der Waals surface area contributed by atoms with Gasteiger partial charge in [-0.25, -0.2) is 9.59 Å². The van der Waals surface area contributed by atoms with Crippen LogP contribution in [0.5, 0.6) is 0 Å². The number of anilines is 1. The molecule has 1 aromatic heterocycles. The van der Waals surface area contributed by atoms with Gasteiger partial charge in [-0.1, -0.05) is 0 Å². The molecule has 9 nitrogen and oxygen atoms in total. The first-order valence-electron chi connectivity index (χ1n) is 10.8. The number of fused-ring (bicyclic) bond motifs is 1. The summed E-state index contributed by atoms with van der Waals surface area (Å²) in [4.78, 5) is 48.6. The van der Waals surface area contributed by atoms with E-state index in [-0.39, 0.29) is 25.8 Å². The Morgan fingerprint density at radius 2 is 1.77 bits per heavy atom. The summed E-state index contributed by atoms with van der Waals surface area (Å²) in [5, 5.41) is 14.8. The van der Waals surface area contributed by atoms with Gasteiger partial charge in [0, 0.05) is 29.2 Å². The van der Waals surface area contributed by atoms with Crippen LogP contribution in [0.15, 0.2) is 33.5 Å². The number of amides is 3. The Labute approximate surface area is 199 Å². The van der Waals surface area contributed by atoms with Gasteiger partial charge in [0.2, 0.25) is 5.91 Å². The fourth-order valence-electron chi connectivity index (χ4n) is 3.65. The molecule has 1 aromatic carbocycles. The molecule has 35 heavy (non-hydrogen) atoms. The average Bonchev–Trinajstić information content (AvgIpc) is 2.70. The summed E-state index contributed by atoms with van der Waals surface area (Å²) in [6.45, 7) is 6.28. The number of rotatable bonds is 8. The normalized spacial score (nSPS) is 12.8. The molecule has 2 rings (SSSR count). The highest BCUT2D eigenvalue weighted by atomic mass is 19.4. The molecule has 3 amide bonds. The molecule has 0 bridgehead atoms. The lowest BCUT2D eigenvalue weighted by Gasteiger charge is -2.38. The van der Waals surface area contributed by atoms with Gasteiger partial charge in [-0.3, -0.25) is 14.5 Å². The minimum atomic E-state index is -4.99. The second-order valence-electron chi connectivity index (χ2n) is 9.04. The van der Waals surface area contributed by atoms with Gasteiger partial charge in [0.25, 0.3) is 0 Å². The third kappa shape index (κ3) is 7.46. The Kier molecular flexibility index (Phi) is 8.53. The molecule has 0 saturated heterocycles. The van der Waals surface area contributed by atoms with Gasteiger partial charge in [-0.15, -0.1) is 0 Å². The van der Waals surface area contributed by atoms with Crippen LogP contribution in [0.3, 0.4) is 0 Å². The van der Waals surface area contributed by atoms with Gasteiger partial charge < -0.3 is 20.2 Å². The number of carbonyl (C=O) groups excluding carboxylic acids is 2. The van der Waals surface area contributed by atoms with E-state index in [0.717, 1.165) is 4.90 Å². The topological polar surface area (TPSA) is 129 Å². The average molecular weight is 499 g/mol. The van der Waals surface area contributed by atoms with E-state index in [0.29, 0.717) is 22.2 Å². The molecule has 0 unspecified atom stereocenters. The quantitative estimate of drug-likeness (QED) is 0.372. The molecular weight excluding hydrogens is 471 g/mol. The molecule has 0 fully saturated rings. The summed E-state index contributed by atoms with van der Waals surface area (Å²) >= 11 is 0. The number of carboxylic acid groups (broad SMARTS) is 1. The summed E-state index contributed by atoms with van der Waals surface area (Å²) in [5.41, 5.74) is -0.164. The van der Waals surface area contributed by atoms with Gasteiger partial charge in [0.1, 0.15) is 11.6 Å². The first kappa shape index (κ1) is 27.7. The number of alkyl halides is 3. The van der Waals surface area contributed by atoms with Crippen LogP contribution < -0.4 is 16.3 Å². The first-order chi connectivity index (χ1) is 16.1. The maximum atomic E-state index is 13.2. The Balaban J connectivity index is 2.20. The van der Waals surface area contributed by atoms with Gasteiger partial charge >= 0.3 is 23.8 Å². The van der Waals surface area contributed by atoms with Crippen LogP contribution >= 0.6 is 0 Å². The van der Waals surface area contributed by atoms with Crippen molar-refractivity contribution in [3.8, 4) is 0 Å². The lowest BCUT2D eigenvalue weighted by Crippen LogP contribution is -2.55. The van der Waals surface area contributed by atoms with Gasteiger partial charge in [-0.2, -0.15) is 13.2 Å². The fraction of sp³-hybridized carbons (Fsp3) is 0.478. The van der Waals surface area contributed by atoms with Gasteiger partial charge in [0.05, 0.1) is 0 Å². The molecule has 0 aliphatic heterocycles. The predicted octanol–water partition coefficient (Wildman–Crippen LogP) is 4.04. The smallest absolute Gasteiger partial charge is 0.465 e. The van der Waals surface area contributed by atoms with E-state index in [9.17, 15) is 37.5 Å². The molecule has 12 heteroatoms. The molecule has 1 heterocycles. The zero-order chi connectivity index (χ0) is 26.6. The van der Waals surface area contributed by atoms with Crippen LogP contribution in [0.1, 0.15) is 45.6 Å². The van der Waals surface area contributed by atoms with Crippen molar-refractivity contribution in [2.45, 2.75) is 64.7 Å². The Bertz CT molecular complexity index is 1150. The van der Waals surface area contributed by atoms with E-state index < -0.39 is 41.3 Å². The zero-order valence-corrected chi connectivity index (χ0v) is 19.8. The van der Waals surface area contributed by atoms with E-state index in [1.807, 2.05) is 0 Å². The van der Waals surface area contributed by atoms with Gasteiger partial charge in [0.15, 0.2) is 0 Å². The molecule has 0 saturated carbocycles. The predicted molar refractivity (Wildman–Crippen MR) is 122 cm³/mol. The van der Waals surface area contributed by atoms with Crippen LogP contribution in [0.2, 0.25) is 0 Å². The first-order valence-corrected chi connectivity index (χ1v) is 10.8. The molecule has 3 N–H and O–H groups in total. The summed E-state index contributed by atoms with van der Waals surface area (Å²) in [5.74, 6) is -2.69. The lowest BCUT2D eigenvalue weighted by atomic mass is 9.99. The molecule has 2 aromatic rings. The largest absolute Gasteiger partial charge is 0.471 e. The summed E-state index contributed by atoms with van der Waals surface area (Å²) in [6.07, 6.45) is -6.02. The number of hydrogen-bond donors (Lipinski definition) is 3. The highest BCUT2D eigenvalue weighted by Crippen LogP contribution is 2.25. The molecule has 0 radical (unpaired) electrons. The maximum Gasteiger partial charge on any atom is 0.471 e. The molecule has 1 atom stereocenters. The molecule has 0 spiro atoms. The third-order valence-electron chi connectivity index (χ3n) is 5.21. The summed E-state index contributed by atoms with van der Waals surface area (Å²) in [7, 11) is 0. The number of hydrogen-bond acceptors (Lipinski definition) is 5. The number of aryl methyl sites for hydroxylation is 1. The Hall–Kier alpha value is -3.57. The zero-order valence-electron chi connectivity index (χ0n) is 19.8. The monoisotopic (exact) mass is 499 g/mol. The fourth-order valence-corrected chi connectivity index (χ4v) is 3.65. The van der Waals surface area contributed by atoms with Crippen molar-refractivity contribution < 1.29 is 37.1 Å². The third-order valence-corrected chi connectivity index (χ3v) is 5.21. The van der Waals surface area contributed by atoms with Crippen molar-refractivity contribution in [1.29, 1.82) is 0 Å². The molecule has 0 aliphatic carbocycles. The van der Waals surface area contributed by atoms with Crippen LogP contribution in [0.4, 0.5) is 23.7 Å². The second kappa shape index (κ2) is 10.8. The Morgan fingerprint density at radius 1 is 1.11 bits per heavy atom. The minimum absolute atomic E-state index is 0.0127. The summed E-state index contributed by atoms with van der Waals surface area (Å²) in [6, 6.07) is 4.76. The highest BCUT2D eigenvalue weighted by molar-refractivity contribution is 5.98. The van der Waals surface area contributed by atoms with Crippen LogP contribution in [-0.2, 0) is 9.59 Å². The molecular formula is C23H28F3N3O6. The molecule has 192 valence electrons. The molecule has 0 aliphatic rings. The number of benzene rings is 1. The van der Waals surface area contributed by atoms with Crippen molar-refractivity contribution in [1.82, 2.24) is 10.2 Å². The number of nitrogens with one attached hydrogen (secondary N) is 2. The summed E-state index contributed by atoms with van der Waals surface area (Å²) < 4.78 is 42.1. The highest BCUT2D eigenvalue weighted by Gasteiger charge is 2.39. The van der Waals surface area contributed by atoms with Crippen molar-refractivity contribution >= 4 is 34.6 Å². The van der Waals surface area contributed by atoms with E-state index in [1.165, 1.54) is 18.2 Å². The van der Waals surface area contributed by atoms with Crippen molar-refractivity contribution in [3.05, 3.63) is 40.2 Å². The minimum Gasteiger partial charge on any atom is -0.465 e. The van der Waals surface area contributed by atoms with E-state index in [4.69, 9.17) is 4.42 Å². The number of carbonyl (C=O) groups is 3. The van der Waals surface area contributed by atoms with Crippen molar-refractivity contribution in [2.24, 2.45) is 0 Å². The SMILES string of the molecule is Cc1cc(=O)oc2ccc(NC(=O)[C@H](CCCCNC(=O)C(F)(F)F)N(C(=O)O)C(C)(C)C)cc12. The lowest BCUT2D eigenvalue weighted by molar-refractivity contribution is -0.173. The van der Waals surface area contributed by atoms with E-state index in [2.05, 4.69) is 5.32 Å².